The first kappa shape index (κ1) is 16.1. The number of carboxylic acids is 1. The van der Waals surface area contributed by atoms with Gasteiger partial charge in [0.2, 0.25) is 0 Å². The molecule has 6 nitrogen and oxygen atoms in total. The van der Waals surface area contributed by atoms with Gasteiger partial charge in [0.15, 0.2) is 0 Å². The molecular weight excluding hydrogens is 272 g/mol. The fourth-order valence-electron chi connectivity index (χ4n) is 3.04. The van der Waals surface area contributed by atoms with E-state index < -0.39 is 17.5 Å². The quantitative estimate of drug-likeness (QED) is 0.697. The summed E-state index contributed by atoms with van der Waals surface area (Å²) in [6, 6.07) is -0.397. The highest BCUT2D eigenvalue weighted by atomic mass is 16.5. The first-order valence-electron chi connectivity index (χ1n) is 7.65. The van der Waals surface area contributed by atoms with Gasteiger partial charge in [-0.15, -0.1) is 0 Å². The molecular formula is C15H26N2O4. The van der Waals surface area contributed by atoms with Gasteiger partial charge in [-0.1, -0.05) is 13.8 Å². The van der Waals surface area contributed by atoms with Crippen molar-refractivity contribution >= 4 is 12.0 Å². The molecule has 0 spiro atoms. The minimum Gasteiger partial charge on any atom is -0.480 e. The number of carboxylic acid groups (broad SMARTS) is 1. The average Bonchev–Trinajstić information content (AvgIpc) is 3.21. The SMILES string of the molecule is CCOC1CC(NC(=O)NC(C)(C(=O)O)C2CC2)C1(C)C. The van der Waals surface area contributed by atoms with E-state index in [0.29, 0.717) is 6.61 Å². The molecule has 0 aliphatic heterocycles. The van der Waals surface area contributed by atoms with Crippen molar-refractivity contribution in [2.24, 2.45) is 11.3 Å². The van der Waals surface area contributed by atoms with Gasteiger partial charge in [-0.25, -0.2) is 9.59 Å². The maximum absolute atomic E-state index is 12.1. The van der Waals surface area contributed by atoms with Gasteiger partial charge in [-0.3, -0.25) is 0 Å². The topological polar surface area (TPSA) is 87.7 Å². The summed E-state index contributed by atoms with van der Waals surface area (Å²) in [5, 5.41) is 14.9. The number of nitrogens with one attached hydrogen (secondary N) is 2. The van der Waals surface area contributed by atoms with Crippen molar-refractivity contribution in [1.29, 1.82) is 0 Å². The Bertz CT molecular complexity index is 433. The second kappa shape index (κ2) is 5.48. The summed E-state index contributed by atoms with van der Waals surface area (Å²) in [6.45, 7) is 8.31. The highest BCUT2D eigenvalue weighted by molar-refractivity contribution is 5.86. The molecule has 0 aromatic heterocycles. The number of hydrogen-bond donors (Lipinski definition) is 3. The van der Waals surface area contributed by atoms with Crippen LogP contribution in [0.15, 0.2) is 0 Å². The molecule has 120 valence electrons. The van der Waals surface area contributed by atoms with Gasteiger partial charge in [0, 0.05) is 18.1 Å². The smallest absolute Gasteiger partial charge is 0.329 e. The minimum absolute atomic E-state index is 0.00583. The largest absolute Gasteiger partial charge is 0.480 e. The zero-order valence-corrected chi connectivity index (χ0v) is 13.2. The maximum atomic E-state index is 12.1. The van der Waals surface area contributed by atoms with Crippen LogP contribution in [0.5, 0.6) is 0 Å². The highest BCUT2D eigenvalue weighted by Gasteiger charge is 2.52. The van der Waals surface area contributed by atoms with Crippen molar-refractivity contribution in [2.75, 3.05) is 6.61 Å². The van der Waals surface area contributed by atoms with Gasteiger partial charge in [0.1, 0.15) is 5.54 Å². The molecule has 0 heterocycles. The fourth-order valence-corrected chi connectivity index (χ4v) is 3.04. The summed E-state index contributed by atoms with van der Waals surface area (Å²) in [7, 11) is 0. The van der Waals surface area contributed by atoms with E-state index in [1.807, 2.05) is 6.92 Å². The predicted octanol–water partition coefficient (Wildman–Crippen LogP) is 1.74. The van der Waals surface area contributed by atoms with E-state index in [0.717, 1.165) is 19.3 Å². The van der Waals surface area contributed by atoms with Crippen LogP contribution in [0, 0.1) is 11.3 Å². The first-order valence-corrected chi connectivity index (χ1v) is 7.65. The zero-order chi connectivity index (χ0) is 15.8. The van der Waals surface area contributed by atoms with Gasteiger partial charge in [0.05, 0.1) is 6.10 Å². The Morgan fingerprint density at radius 1 is 1.38 bits per heavy atom. The van der Waals surface area contributed by atoms with E-state index in [2.05, 4.69) is 24.5 Å². The summed E-state index contributed by atoms with van der Waals surface area (Å²) in [4.78, 5) is 23.5. The van der Waals surface area contributed by atoms with Crippen LogP contribution in [-0.2, 0) is 9.53 Å². The van der Waals surface area contributed by atoms with Crippen molar-refractivity contribution in [1.82, 2.24) is 10.6 Å². The molecule has 2 fully saturated rings. The number of aliphatic carboxylic acids is 1. The Kier molecular flexibility index (Phi) is 4.19. The van der Waals surface area contributed by atoms with E-state index in [-0.39, 0.29) is 23.5 Å². The number of amides is 2. The number of rotatable bonds is 6. The van der Waals surface area contributed by atoms with Crippen LogP contribution in [0.25, 0.3) is 0 Å². The summed E-state index contributed by atoms with van der Waals surface area (Å²) in [6.07, 6.45) is 2.61. The van der Waals surface area contributed by atoms with Crippen LogP contribution in [0.2, 0.25) is 0 Å². The lowest BCUT2D eigenvalue weighted by Crippen LogP contribution is -2.65. The Labute approximate surface area is 125 Å². The summed E-state index contributed by atoms with van der Waals surface area (Å²) >= 11 is 0. The van der Waals surface area contributed by atoms with Crippen LogP contribution in [0.3, 0.4) is 0 Å². The fraction of sp³-hybridized carbons (Fsp3) is 0.867. The minimum atomic E-state index is -1.17. The Balaban J connectivity index is 1.89. The lowest BCUT2D eigenvalue weighted by molar-refractivity contribution is -0.144. The van der Waals surface area contributed by atoms with Crippen LogP contribution in [0.1, 0.15) is 47.0 Å². The molecule has 0 aromatic rings. The summed E-state index contributed by atoms with van der Waals surface area (Å²) in [5.74, 6) is -0.938. The van der Waals surface area contributed by atoms with Crippen molar-refractivity contribution in [3.8, 4) is 0 Å². The third kappa shape index (κ3) is 3.00. The van der Waals surface area contributed by atoms with E-state index in [1.165, 1.54) is 0 Å². The van der Waals surface area contributed by atoms with Gasteiger partial charge in [-0.05, 0) is 39.0 Å². The van der Waals surface area contributed by atoms with Crippen molar-refractivity contribution in [2.45, 2.75) is 64.6 Å². The van der Waals surface area contributed by atoms with Crippen LogP contribution in [-0.4, -0.2) is 41.4 Å². The van der Waals surface area contributed by atoms with E-state index in [9.17, 15) is 14.7 Å². The van der Waals surface area contributed by atoms with Crippen molar-refractivity contribution in [3.05, 3.63) is 0 Å². The molecule has 0 radical (unpaired) electrons. The molecule has 0 saturated heterocycles. The van der Waals surface area contributed by atoms with Crippen LogP contribution < -0.4 is 10.6 Å². The van der Waals surface area contributed by atoms with E-state index in [1.54, 1.807) is 6.92 Å². The number of carbonyl (C=O) groups excluding carboxylic acids is 1. The molecule has 0 aromatic carbocycles. The second-order valence-corrected chi connectivity index (χ2v) is 6.93. The molecule has 2 amide bonds. The Morgan fingerprint density at radius 2 is 2.00 bits per heavy atom. The van der Waals surface area contributed by atoms with Gasteiger partial charge < -0.3 is 20.5 Å². The lowest BCUT2D eigenvalue weighted by atomic mass is 9.64. The average molecular weight is 298 g/mol. The number of carbonyl (C=O) groups is 2. The monoisotopic (exact) mass is 298 g/mol. The third-order valence-corrected chi connectivity index (χ3v) is 5.06. The summed E-state index contributed by atoms with van der Waals surface area (Å²) < 4.78 is 5.63. The predicted molar refractivity (Wildman–Crippen MR) is 78.0 cm³/mol. The Hall–Kier alpha value is -1.30. The third-order valence-electron chi connectivity index (χ3n) is 5.06. The molecule has 2 rings (SSSR count). The van der Waals surface area contributed by atoms with E-state index in [4.69, 9.17) is 4.74 Å². The molecule has 0 bridgehead atoms. The van der Waals surface area contributed by atoms with Crippen LogP contribution in [0.4, 0.5) is 4.79 Å². The molecule has 2 saturated carbocycles. The van der Waals surface area contributed by atoms with Crippen molar-refractivity contribution < 1.29 is 19.4 Å². The molecule has 21 heavy (non-hydrogen) atoms. The van der Waals surface area contributed by atoms with Gasteiger partial charge in [-0.2, -0.15) is 0 Å². The van der Waals surface area contributed by atoms with E-state index >= 15 is 0 Å². The maximum Gasteiger partial charge on any atom is 0.329 e. The Morgan fingerprint density at radius 3 is 2.43 bits per heavy atom. The number of urea groups is 1. The molecule has 3 unspecified atom stereocenters. The molecule has 3 N–H and O–H groups in total. The summed E-state index contributed by atoms with van der Waals surface area (Å²) in [5.41, 5.74) is -1.30. The van der Waals surface area contributed by atoms with Crippen LogP contribution >= 0.6 is 0 Å². The second-order valence-electron chi connectivity index (χ2n) is 6.93. The molecule has 3 atom stereocenters. The van der Waals surface area contributed by atoms with Gasteiger partial charge in [0.25, 0.3) is 0 Å². The standard InChI is InChI=1S/C15H26N2O4/c1-5-21-11-8-10(14(11,2)3)16-13(20)17-15(4,12(18)19)9-6-7-9/h9-11H,5-8H2,1-4H3,(H,18,19)(H2,16,17,20). The molecule has 2 aliphatic carbocycles. The number of ether oxygens (including phenoxy) is 1. The normalized spacial score (nSPS) is 29.9. The van der Waals surface area contributed by atoms with Gasteiger partial charge >= 0.3 is 12.0 Å². The lowest BCUT2D eigenvalue weighted by Gasteiger charge is -2.51. The highest BCUT2D eigenvalue weighted by Crippen LogP contribution is 2.43. The first-order chi connectivity index (χ1) is 9.71. The van der Waals surface area contributed by atoms with Crippen molar-refractivity contribution in [3.63, 3.8) is 0 Å². The molecule has 2 aliphatic rings. The zero-order valence-electron chi connectivity index (χ0n) is 13.2. The molecule has 6 heteroatoms. The number of hydrogen-bond acceptors (Lipinski definition) is 3.